The molecule has 8 rings (SSSR count). The van der Waals surface area contributed by atoms with E-state index in [9.17, 15) is 23.9 Å². The molecule has 52 heavy (non-hydrogen) atoms. The number of fused-ring (bicyclic) bond motifs is 2. The summed E-state index contributed by atoms with van der Waals surface area (Å²) >= 11 is 0. The van der Waals surface area contributed by atoms with Crippen molar-refractivity contribution in [3.8, 4) is 23.3 Å². The minimum atomic E-state index is -1.37. The second kappa shape index (κ2) is 13.3. The van der Waals surface area contributed by atoms with E-state index in [2.05, 4.69) is 38.7 Å². The number of rotatable bonds is 9. The average Bonchev–Trinajstić information content (AvgIpc) is 3.77. The van der Waals surface area contributed by atoms with Gasteiger partial charge in [0.2, 0.25) is 0 Å². The number of benzene rings is 3. The summed E-state index contributed by atoms with van der Waals surface area (Å²) in [6.07, 6.45) is -0.290. The lowest BCUT2D eigenvalue weighted by Gasteiger charge is -2.40. The van der Waals surface area contributed by atoms with Crippen LogP contribution in [0.4, 0.5) is 9.18 Å². The highest BCUT2D eigenvalue weighted by molar-refractivity contribution is 6.00. The summed E-state index contributed by atoms with van der Waals surface area (Å²) in [7, 11) is 1.54. The molecule has 266 valence electrons. The number of ether oxygens (including phenoxy) is 1. The van der Waals surface area contributed by atoms with E-state index in [-0.39, 0.29) is 36.9 Å². The first-order chi connectivity index (χ1) is 25.2. The van der Waals surface area contributed by atoms with Gasteiger partial charge in [-0.05, 0) is 67.3 Å². The van der Waals surface area contributed by atoms with Gasteiger partial charge in [0, 0.05) is 67.1 Å². The molecule has 4 heterocycles. The Hall–Kier alpha value is -5.90. The number of carbonyl (C=O) groups is 3. The predicted molar refractivity (Wildman–Crippen MR) is 191 cm³/mol. The number of imidazole rings is 1. The molecular weight excluding hydrogens is 665 g/mol. The van der Waals surface area contributed by atoms with Crippen LogP contribution in [0.3, 0.4) is 0 Å². The first kappa shape index (κ1) is 33.3. The zero-order chi connectivity index (χ0) is 36.1. The molecule has 2 saturated heterocycles. The molecule has 0 bridgehead atoms. The number of likely N-dealkylation sites (tertiary alicyclic amines) is 2. The van der Waals surface area contributed by atoms with Gasteiger partial charge in [-0.3, -0.25) is 9.59 Å². The molecule has 0 spiro atoms. The Morgan fingerprint density at radius 3 is 2.35 bits per heavy atom. The first-order valence-corrected chi connectivity index (χ1v) is 17.6. The van der Waals surface area contributed by atoms with Crippen molar-refractivity contribution < 1.29 is 28.6 Å². The van der Waals surface area contributed by atoms with Crippen molar-refractivity contribution >= 4 is 39.8 Å². The topological polar surface area (TPSA) is 146 Å². The van der Waals surface area contributed by atoms with E-state index in [0.29, 0.717) is 53.5 Å². The standard InChI is InChI=1S/C39H38FN7O5/c1-52-34-14-28(38(49)45-21-29(40)15-30(22-45)42-39(50)51)12-31-35(34)47(20-25-17-44(18-25)37(48)26-10-8-23(16-41)9-11-26)36(43-31)33-13-27-4-2-3-5-32(27)46(33)19-24-6-7-24/h2-5,8-14,24-25,29-30,42H,6-7,15,17-22H2,1H3,(H,50,51)/t29-,30-/m1/s1. The highest BCUT2D eigenvalue weighted by Crippen LogP contribution is 2.39. The number of hydrogen-bond acceptors (Lipinski definition) is 6. The van der Waals surface area contributed by atoms with Crippen LogP contribution in [0.25, 0.3) is 33.5 Å². The molecule has 2 atom stereocenters. The number of carbonyl (C=O) groups excluding carboxylic acids is 2. The van der Waals surface area contributed by atoms with Crippen molar-refractivity contribution in [2.24, 2.45) is 11.8 Å². The molecule has 0 radical (unpaired) electrons. The zero-order valence-corrected chi connectivity index (χ0v) is 28.7. The molecule has 2 aliphatic heterocycles. The maximum absolute atomic E-state index is 14.7. The molecule has 0 unspecified atom stereocenters. The fourth-order valence-corrected chi connectivity index (χ4v) is 7.68. The SMILES string of the molecule is COc1cc(C(=O)N2C[C@H](F)C[C@@H](NC(=O)O)C2)cc2nc(-c3cc4ccccc4n3CC3CC3)n(CC3CN(C(=O)c4ccc(C#N)cc4)C3)c12. The third kappa shape index (κ3) is 6.29. The third-order valence-electron chi connectivity index (χ3n) is 10.4. The minimum Gasteiger partial charge on any atom is -0.494 e. The van der Waals surface area contributed by atoms with E-state index in [1.807, 2.05) is 12.1 Å². The minimum absolute atomic E-state index is 0.00126. The van der Waals surface area contributed by atoms with Crippen LogP contribution in [0.15, 0.2) is 66.7 Å². The Morgan fingerprint density at radius 2 is 1.63 bits per heavy atom. The Morgan fingerprint density at radius 1 is 0.923 bits per heavy atom. The van der Waals surface area contributed by atoms with Crippen molar-refractivity contribution in [2.45, 2.75) is 44.6 Å². The van der Waals surface area contributed by atoms with Gasteiger partial charge >= 0.3 is 6.09 Å². The van der Waals surface area contributed by atoms with E-state index in [1.54, 1.807) is 41.3 Å². The monoisotopic (exact) mass is 703 g/mol. The smallest absolute Gasteiger partial charge is 0.404 e. The van der Waals surface area contributed by atoms with Crippen LogP contribution in [0, 0.1) is 23.2 Å². The van der Waals surface area contributed by atoms with E-state index >= 15 is 0 Å². The fourth-order valence-electron chi connectivity index (χ4n) is 7.68. The highest BCUT2D eigenvalue weighted by Gasteiger charge is 2.35. The normalized spacial score (nSPS) is 19.0. The zero-order valence-electron chi connectivity index (χ0n) is 28.7. The number of methoxy groups -OCH3 is 1. The molecular formula is C39H38FN7O5. The average molecular weight is 704 g/mol. The number of alkyl halides is 1. The van der Waals surface area contributed by atoms with Gasteiger partial charge in [0.1, 0.15) is 17.4 Å². The number of nitrogens with one attached hydrogen (secondary N) is 1. The quantitative estimate of drug-likeness (QED) is 0.205. The van der Waals surface area contributed by atoms with Crippen LogP contribution in [0.2, 0.25) is 0 Å². The number of nitriles is 1. The Kier molecular flexibility index (Phi) is 8.53. The van der Waals surface area contributed by atoms with E-state index in [1.165, 1.54) is 24.9 Å². The van der Waals surface area contributed by atoms with Crippen molar-refractivity contribution in [3.05, 3.63) is 83.4 Å². The highest BCUT2D eigenvalue weighted by atomic mass is 19.1. The summed E-state index contributed by atoms with van der Waals surface area (Å²) in [6.45, 7) is 2.37. The van der Waals surface area contributed by atoms with Gasteiger partial charge in [0.15, 0.2) is 5.82 Å². The molecule has 1 aliphatic carbocycles. The van der Waals surface area contributed by atoms with Gasteiger partial charge in [-0.2, -0.15) is 5.26 Å². The third-order valence-corrected chi connectivity index (χ3v) is 10.4. The molecule has 1 saturated carbocycles. The molecule has 12 nitrogen and oxygen atoms in total. The van der Waals surface area contributed by atoms with Gasteiger partial charge in [0.25, 0.3) is 11.8 Å². The lowest BCUT2D eigenvalue weighted by atomic mass is 9.98. The predicted octanol–water partition coefficient (Wildman–Crippen LogP) is 5.54. The number of amides is 3. The maximum Gasteiger partial charge on any atom is 0.404 e. The summed E-state index contributed by atoms with van der Waals surface area (Å²) < 4.78 is 25.1. The maximum atomic E-state index is 14.7. The summed E-state index contributed by atoms with van der Waals surface area (Å²) in [5, 5.41) is 21.8. The second-order valence-corrected chi connectivity index (χ2v) is 14.2. The molecule has 2 aromatic heterocycles. The molecule has 3 fully saturated rings. The van der Waals surface area contributed by atoms with Gasteiger partial charge in [-0.15, -0.1) is 0 Å². The van der Waals surface area contributed by atoms with Crippen molar-refractivity contribution in [1.82, 2.24) is 29.2 Å². The van der Waals surface area contributed by atoms with Gasteiger partial charge < -0.3 is 34.1 Å². The number of piperidine rings is 1. The lowest BCUT2D eigenvalue weighted by Crippen LogP contribution is -2.53. The first-order valence-electron chi connectivity index (χ1n) is 17.6. The van der Waals surface area contributed by atoms with Gasteiger partial charge in [-0.1, -0.05) is 18.2 Å². The largest absolute Gasteiger partial charge is 0.494 e. The van der Waals surface area contributed by atoms with Crippen LogP contribution in [0.5, 0.6) is 5.75 Å². The fraction of sp³-hybridized carbons (Fsp3) is 0.359. The van der Waals surface area contributed by atoms with Gasteiger partial charge in [0.05, 0.1) is 42.5 Å². The van der Waals surface area contributed by atoms with E-state index in [0.717, 1.165) is 29.0 Å². The van der Waals surface area contributed by atoms with E-state index in [4.69, 9.17) is 15.0 Å². The van der Waals surface area contributed by atoms with Crippen LogP contribution >= 0.6 is 0 Å². The molecule has 5 aromatic rings. The molecule has 3 amide bonds. The van der Waals surface area contributed by atoms with Gasteiger partial charge in [-0.25, -0.2) is 14.2 Å². The Balaban J connectivity index is 1.17. The van der Waals surface area contributed by atoms with E-state index < -0.39 is 24.2 Å². The van der Waals surface area contributed by atoms with Crippen LogP contribution < -0.4 is 10.1 Å². The summed E-state index contributed by atoms with van der Waals surface area (Å²) in [4.78, 5) is 46.7. The number of para-hydroxylation sites is 1. The van der Waals surface area contributed by atoms with Crippen molar-refractivity contribution in [1.29, 1.82) is 5.26 Å². The van der Waals surface area contributed by atoms with Crippen molar-refractivity contribution in [2.75, 3.05) is 33.3 Å². The second-order valence-electron chi connectivity index (χ2n) is 14.2. The summed E-state index contributed by atoms with van der Waals surface area (Å²) in [5.74, 6) is 1.33. The molecule has 3 aromatic carbocycles. The summed E-state index contributed by atoms with van der Waals surface area (Å²) in [6, 6.07) is 21.8. The Bertz CT molecular complexity index is 2250. The number of halogens is 1. The number of aromatic nitrogens is 3. The molecule has 13 heteroatoms. The Labute approximate surface area is 299 Å². The summed E-state index contributed by atoms with van der Waals surface area (Å²) in [5.41, 5.74) is 4.61. The van der Waals surface area contributed by atoms with Crippen molar-refractivity contribution in [3.63, 3.8) is 0 Å². The lowest BCUT2D eigenvalue weighted by molar-refractivity contribution is 0.0471. The number of carboxylic acid groups (broad SMARTS) is 1. The molecule has 2 N–H and O–H groups in total. The van der Waals surface area contributed by atoms with Crippen LogP contribution in [-0.2, 0) is 13.1 Å². The van der Waals surface area contributed by atoms with Crippen LogP contribution in [-0.4, -0.2) is 92.4 Å². The number of hydrogen-bond donors (Lipinski definition) is 2. The number of nitrogens with zero attached hydrogens (tertiary/aromatic N) is 6. The van der Waals surface area contributed by atoms with Crippen LogP contribution in [0.1, 0.15) is 45.5 Å². The molecule has 3 aliphatic rings.